The van der Waals surface area contributed by atoms with E-state index in [2.05, 4.69) is 30.9 Å². The van der Waals surface area contributed by atoms with E-state index in [4.69, 9.17) is 14.2 Å². The van der Waals surface area contributed by atoms with Crippen molar-refractivity contribution in [2.45, 2.75) is 0 Å². The Labute approximate surface area is 191 Å². The van der Waals surface area contributed by atoms with Gasteiger partial charge in [0.2, 0.25) is 0 Å². The van der Waals surface area contributed by atoms with Gasteiger partial charge in [0.05, 0.1) is 0 Å². The average Bonchev–Trinajstić information content (AvgIpc) is 2.84. The number of benzene rings is 3. The van der Waals surface area contributed by atoms with Gasteiger partial charge in [-0.2, -0.15) is 0 Å². The number of anilines is 3. The van der Waals surface area contributed by atoms with Gasteiger partial charge >= 0.3 is 18.0 Å². The molecule has 3 aromatic carbocycles. The Balaban J connectivity index is 1.66. The van der Waals surface area contributed by atoms with Crippen LogP contribution in [0.2, 0.25) is 0 Å². The van der Waals surface area contributed by atoms with Crippen molar-refractivity contribution in [3.63, 3.8) is 0 Å². The fourth-order valence-corrected chi connectivity index (χ4v) is 2.92. The van der Waals surface area contributed by atoms with Crippen LogP contribution in [-0.4, -0.2) is 36.1 Å². The summed E-state index contributed by atoms with van der Waals surface area (Å²) < 4.78 is 17.6. The molecule has 3 N–H and O–H groups in total. The quantitative estimate of drug-likeness (QED) is 0.314. The minimum Gasteiger partial charge on any atom is -0.424 e. The van der Waals surface area contributed by atoms with Gasteiger partial charge in [0, 0.05) is 56.4 Å². The molecule has 0 aliphatic rings. The van der Waals surface area contributed by atoms with Crippen LogP contribution in [0.25, 0.3) is 0 Å². The minimum absolute atomic E-state index is 0.0396. The van der Waals surface area contributed by atoms with Crippen LogP contribution in [0.3, 0.4) is 0 Å². The van der Waals surface area contributed by atoms with Gasteiger partial charge in [-0.3, -0.25) is 0 Å². The van der Waals surface area contributed by atoms with Gasteiger partial charge in [-0.1, -0.05) is 18.2 Å². The maximum Gasteiger partial charge on any atom is 0.331 e. The van der Waals surface area contributed by atoms with Gasteiger partial charge in [0.1, 0.15) is 17.2 Å². The summed E-state index contributed by atoms with van der Waals surface area (Å²) in [6.45, 7) is 0. The van der Waals surface area contributed by atoms with Gasteiger partial charge in [-0.15, -0.1) is 15.0 Å². The van der Waals surface area contributed by atoms with Crippen molar-refractivity contribution < 1.29 is 14.2 Å². The summed E-state index contributed by atoms with van der Waals surface area (Å²) in [7, 11) is 5.50. The summed E-state index contributed by atoms with van der Waals surface area (Å²) in [6, 6.07) is 22.4. The molecule has 4 rings (SSSR count). The molecule has 0 atom stereocenters. The van der Waals surface area contributed by atoms with E-state index in [9.17, 15) is 0 Å². The average molecular weight is 444 g/mol. The molecule has 168 valence electrons. The Morgan fingerprint density at radius 3 is 1.06 bits per heavy atom. The molecule has 0 radical (unpaired) electrons. The SMILES string of the molecule is CNc1cccc(Oc2nc(Oc3cccc(NC)c3)nc(Oc3cccc(NC)c3)n2)c1. The van der Waals surface area contributed by atoms with Crippen molar-refractivity contribution in [1.29, 1.82) is 0 Å². The molecule has 0 fully saturated rings. The molecule has 9 heteroatoms. The first-order valence-corrected chi connectivity index (χ1v) is 10.3. The van der Waals surface area contributed by atoms with Crippen LogP contribution >= 0.6 is 0 Å². The molecule has 0 amide bonds. The van der Waals surface area contributed by atoms with Crippen LogP contribution in [0, 0.1) is 0 Å². The highest BCUT2D eigenvalue weighted by Gasteiger charge is 2.13. The topological polar surface area (TPSA) is 102 Å². The molecule has 0 bridgehead atoms. The monoisotopic (exact) mass is 444 g/mol. The maximum atomic E-state index is 5.88. The Bertz CT molecular complexity index is 1070. The fourth-order valence-electron chi connectivity index (χ4n) is 2.92. The van der Waals surface area contributed by atoms with Crippen LogP contribution in [0.1, 0.15) is 0 Å². The first kappa shape index (κ1) is 21.7. The first-order chi connectivity index (χ1) is 16.1. The molecular formula is C24H24N6O3. The van der Waals surface area contributed by atoms with Crippen molar-refractivity contribution in [2.24, 2.45) is 0 Å². The number of nitrogens with one attached hydrogen (secondary N) is 3. The van der Waals surface area contributed by atoms with E-state index in [-0.39, 0.29) is 18.0 Å². The maximum absolute atomic E-state index is 5.88. The number of rotatable bonds is 9. The van der Waals surface area contributed by atoms with Gasteiger partial charge < -0.3 is 30.2 Å². The van der Waals surface area contributed by atoms with Gasteiger partial charge in [-0.25, -0.2) is 0 Å². The molecule has 1 aromatic heterocycles. The van der Waals surface area contributed by atoms with Crippen molar-refractivity contribution in [1.82, 2.24) is 15.0 Å². The zero-order chi connectivity index (χ0) is 23.0. The number of nitrogens with zero attached hydrogens (tertiary/aromatic N) is 3. The second-order valence-corrected chi connectivity index (χ2v) is 6.82. The summed E-state index contributed by atoms with van der Waals surface area (Å²) in [6.07, 6.45) is 0. The summed E-state index contributed by atoms with van der Waals surface area (Å²) in [5.41, 5.74) is 2.67. The third kappa shape index (κ3) is 5.79. The van der Waals surface area contributed by atoms with Gasteiger partial charge in [0.25, 0.3) is 0 Å². The van der Waals surface area contributed by atoms with E-state index >= 15 is 0 Å². The van der Waals surface area contributed by atoms with Crippen LogP contribution in [0.4, 0.5) is 17.1 Å². The second-order valence-electron chi connectivity index (χ2n) is 6.82. The molecule has 4 aromatic rings. The lowest BCUT2D eigenvalue weighted by Crippen LogP contribution is -2.02. The minimum atomic E-state index is 0.0396. The Morgan fingerprint density at radius 1 is 0.485 bits per heavy atom. The number of ether oxygens (including phenoxy) is 3. The Morgan fingerprint density at radius 2 is 0.788 bits per heavy atom. The van der Waals surface area contributed by atoms with Crippen molar-refractivity contribution in [3.05, 3.63) is 72.8 Å². The zero-order valence-electron chi connectivity index (χ0n) is 18.5. The predicted octanol–water partition coefficient (Wildman–Crippen LogP) is 5.37. The van der Waals surface area contributed by atoms with Gasteiger partial charge in [0.15, 0.2) is 0 Å². The normalized spacial score (nSPS) is 10.3. The summed E-state index contributed by atoms with van der Waals surface area (Å²) >= 11 is 0. The van der Waals surface area contributed by atoms with E-state index in [0.717, 1.165) is 17.1 Å². The Hall–Kier alpha value is -4.53. The molecule has 0 saturated heterocycles. The van der Waals surface area contributed by atoms with Crippen LogP contribution < -0.4 is 30.2 Å². The van der Waals surface area contributed by atoms with Crippen molar-refractivity contribution in [2.75, 3.05) is 37.1 Å². The highest BCUT2D eigenvalue weighted by atomic mass is 16.5. The second kappa shape index (κ2) is 10.2. The predicted molar refractivity (Wildman–Crippen MR) is 128 cm³/mol. The Kier molecular flexibility index (Phi) is 6.70. The van der Waals surface area contributed by atoms with Crippen LogP contribution in [-0.2, 0) is 0 Å². The third-order valence-corrected chi connectivity index (χ3v) is 4.57. The largest absolute Gasteiger partial charge is 0.424 e. The van der Waals surface area contributed by atoms with Crippen molar-refractivity contribution >= 4 is 17.1 Å². The molecule has 1 heterocycles. The molecule has 33 heavy (non-hydrogen) atoms. The van der Waals surface area contributed by atoms with E-state index in [1.165, 1.54) is 0 Å². The van der Waals surface area contributed by atoms with E-state index in [0.29, 0.717) is 17.2 Å². The summed E-state index contributed by atoms with van der Waals surface area (Å²) in [4.78, 5) is 12.9. The summed E-state index contributed by atoms with van der Waals surface area (Å²) in [5.74, 6) is 1.66. The third-order valence-electron chi connectivity index (χ3n) is 4.57. The van der Waals surface area contributed by atoms with E-state index in [1.807, 2.05) is 75.7 Å². The van der Waals surface area contributed by atoms with E-state index in [1.54, 1.807) is 18.2 Å². The molecule has 0 aliphatic carbocycles. The number of hydrogen-bond donors (Lipinski definition) is 3. The van der Waals surface area contributed by atoms with E-state index < -0.39 is 0 Å². The van der Waals surface area contributed by atoms with Gasteiger partial charge in [-0.05, 0) is 36.4 Å². The molecular weight excluding hydrogens is 420 g/mol. The lowest BCUT2D eigenvalue weighted by molar-refractivity contribution is 0.362. The zero-order valence-corrected chi connectivity index (χ0v) is 18.5. The molecule has 0 unspecified atom stereocenters. The standard InChI is InChI=1S/C24H24N6O3/c1-25-16-7-4-10-19(13-16)31-22-28-23(32-20-11-5-8-17(14-20)26-2)30-24(29-22)33-21-12-6-9-18(15-21)27-3/h4-15,25-27H,1-3H3. The number of hydrogen-bond acceptors (Lipinski definition) is 9. The fraction of sp³-hybridized carbons (Fsp3) is 0.125. The molecule has 9 nitrogen and oxygen atoms in total. The summed E-state index contributed by atoms with van der Waals surface area (Å²) in [5, 5.41) is 9.21. The molecule has 0 saturated carbocycles. The number of aromatic nitrogens is 3. The molecule has 0 spiro atoms. The highest BCUT2D eigenvalue weighted by Crippen LogP contribution is 2.29. The van der Waals surface area contributed by atoms with Crippen LogP contribution in [0.5, 0.6) is 35.3 Å². The smallest absolute Gasteiger partial charge is 0.331 e. The molecule has 0 aliphatic heterocycles. The first-order valence-electron chi connectivity index (χ1n) is 10.3. The lowest BCUT2D eigenvalue weighted by atomic mass is 10.3. The lowest BCUT2D eigenvalue weighted by Gasteiger charge is -2.11. The van der Waals surface area contributed by atoms with Crippen molar-refractivity contribution in [3.8, 4) is 35.3 Å². The van der Waals surface area contributed by atoms with Crippen LogP contribution in [0.15, 0.2) is 72.8 Å². The highest BCUT2D eigenvalue weighted by molar-refractivity contribution is 5.50.